The maximum atomic E-state index is 13.5. The summed E-state index contributed by atoms with van der Waals surface area (Å²) in [5.41, 5.74) is 2.70. The van der Waals surface area contributed by atoms with Gasteiger partial charge in [0.2, 0.25) is 0 Å². The van der Waals surface area contributed by atoms with Crippen molar-refractivity contribution in [2.75, 3.05) is 7.05 Å². The Morgan fingerprint density at radius 3 is 2.58 bits per heavy atom. The van der Waals surface area contributed by atoms with E-state index >= 15 is 0 Å². The van der Waals surface area contributed by atoms with Crippen LogP contribution in [0.1, 0.15) is 34.6 Å². The van der Waals surface area contributed by atoms with Crippen LogP contribution in [0.5, 0.6) is 0 Å². The molecule has 1 amide bonds. The van der Waals surface area contributed by atoms with Gasteiger partial charge in [0.1, 0.15) is 5.82 Å². The fourth-order valence-electron chi connectivity index (χ4n) is 2.74. The van der Waals surface area contributed by atoms with E-state index in [0.717, 1.165) is 5.56 Å². The number of aryl methyl sites for hydroxylation is 1. The van der Waals surface area contributed by atoms with E-state index in [1.54, 1.807) is 43.4 Å². The molecule has 3 aromatic rings. The molecule has 0 saturated heterocycles. The number of halogens is 1. The largest absolute Gasteiger partial charge is 0.335 e. The number of hydrogen-bond acceptors (Lipinski definition) is 3. The van der Waals surface area contributed by atoms with Crippen molar-refractivity contribution in [2.45, 2.75) is 19.9 Å². The number of amides is 1. The molecule has 1 atom stereocenters. The van der Waals surface area contributed by atoms with Gasteiger partial charge in [-0.25, -0.2) is 4.39 Å². The van der Waals surface area contributed by atoms with Crippen molar-refractivity contribution < 1.29 is 9.18 Å². The summed E-state index contributed by atoms with van der Waals surface area (Å²) in [4.78, 5) is 23.0. The van der Waals surface area contributed by atoms with Gasteiger partial charge < -0.3 is 4.90 Å². The van der Waals surface area contributed by atoms with Crippen molar-refractivity contribution >= 4 is 16.8 Å². The number of carbonyl (C=O) groups is 1. The van der Waals surface area contributed by atoms with Gasteiger partial charge in [-0.05, 0) is 49.7 Å². The summed E-state index contributed by atoms with van der Waals surface area (Å²) >= 11 is 0. The van der Waals surface area contributed by atoms with Crippen molar-refractivity contribution in [3.05, 3.63) is 71.4 Å². The maximum absolute atomic E-state index is 13.5. The molecule has 24 heavy (non-hydrogen) atoms. The second kappa shape index (κ2) is 6.35. The molecule has 2 aromatic heterocycles. The molecule has 5 heteroatoms. The molecular formula is C19H18FN3O. The van der Waals surface area contributed by atoms with Crippen LogP contribution >= 0.6 is 0 Å². The number of pyridine rings is 2. The number of benzene rings is 1. The quantitative estimate of drug-likeness (QED) is 0.734. The molecule has 2 heterocycles. The smallest absolute Gasteiger partial charge is 0.254 e. The molecule has 0 aliphatic heterocycles. The second-order valence-corrected chi connectivity index (χ2v) is 5.85. The van der Waals surface area contributed by atoms with Crippen molar-refractivity contribution in [2.24, 2.45) is 0 Å². The predicted octanol–water partition coefficient (Wildman–Crippen LogP) is 3.91. The topological polar surface area (TPSA) is 46.1 Å². The van der Waals surface area contributed by atoms with Crippen LogP contribution in [0.15, 0.2) is 48.8 Å². The molecule has 0 saturated carbocycles. The zero-order chi connectivity index (χ0) is 17.3. The first-order chi connectivity index (χ1) is 11.5. The molecule has 1 aromatic carbocycles. The minimum atomic E-state index is -0.363. The van der Waals surface area contributed by atoms with Crippen LogP contribution < -0.4 is 0 Å². The number of rotatable bonds is 3. The SMILES string of the molecule is Cc1cc(C(=O)N(C)C(C)c2ccncc2)c2ccc(F)cc2n1. The molecule has 3 rings (SSSR count). The van der Waals surface area contributed by atoms with E-state index in [-0.39, 0.29) is 17.8 Å². The Hall–Kier alpha value is -2.82. The summed E-state index contributed by atoms with van der Waals surface area (Å²) in [6.45, 7) is 3.76. The minimum absolute atomic E-state index is 0.107. The van der Waals surface area contributed by atoms with Crippen molar-refractivity contribution in [3.8, 4) is 0 Å². The van der Waals surface area contributed by atoms with Gasteiger partial charge >= 0.3 is 0 Å². The van der Waals surface area contributed by atoms with Gasteiger partial charge in [-0.2, -0.15) is 0 Å². The molecule has 0 spiro atoms. The number of fused-ring (bicyclic) bond motifs is 1. The number of hydrogen-bond donors (Lipinski definition) is 0. The standard InChI is InChI=1S/C19H18FN3O/c1-12-10-17(16-5-4-15(20)11-18(16)22-12)19(24)23(3)13(2)14-6-8-21-9-7-14/h4-11,13H,1-3H3. The van der Waals surface area contributed by atoms with Gasteiger partial charge in [0.25, 0.3) is 5.91 Å². The third kappa shape index (κ3) is 2.97. The highest BCUT2D eigenvalue weighted by Gasteiger charge is 2.21. The van der Waals surface area contributed by atoms with Crippen LogP contribution in [-0.2, 0) is 0 Å². The van der Waals surface area contributed by atoms with E-state index in [0.29, 0.717) is 22.2 Å². The Bertz CT molecular complexity index is 891. The Kier molecular flexibility index (Phi) is 4.25. The predicted molar refractivity (Wildman–Crippen MR) is 91.2 cm³/mol. The Labute approximate surface area is 140 Å². The van der Waals surface area contributed by atoms with Crippen molar-refractivity contribution in [3.63, 3.8) is 0 Å². The first-order valence-electron chi connectivity index (χ1n) is 7.71. The second-order valence-electron chi connectivity index (χ2n) is 5.85. The highest BCUT2D eigenvalue weighted by molar-refractivity contribution is 6.06. The third-order valence-electron chi connectivity index (χ3n) is 4.22. The minimum Gasteiger partial charge on any atom is -0.335 e. The van der Waals surface area contributed by atoms with Crippen LogP contribution in [0.2, 0.25) is 0 Å². The van der Waals surface area contributed by atoms with Gasteiger partial charge in [-0.1, -0.05) is 0 Å². The lowest BCUT2D eigenvalue weighted by atomic mass is 10.0. The average molecular weight is 323 g/mol. The zero-order valence-corrected chi connectivity index (χ0v) is 13.8. The molecule has 0 bridgehead atoms. The maximum Gasteiger partial charge on any atom is 0.254 e. The summed E-state index contributed by atoms with van der Waals surface area (Å²) in [6.07, 6.45) is 3.41. The van der Waals surface area contributed by atoms with E-state index in [2.05, 4.69) is 9.97 Å². The van der Waals surface area contributed by atoms with E-state index in [9.17, 15) is 9.18 Å². The van der Waals surface area contributed by atoms with Crippen LogP contribution in [-0.4, -0.2) is 27.8 Å². The van der Waals surface area contributed by atoms with E-state index in [1.165, 1.54) is 12.1 Å². The van der Waals surface area contributed by atoms with Crippen LogP contribution in [0, 0.1) is 12.7 Å². The van der Waals surface area contributed by atoms with Crippen molar-refractivity contribution in [1.82, 2.24) is 14.9 Å². The molecular weight excluding hydrogens is 305 g/mol. The molecule has 0 radical (unpaired) electrons. The monoisotopic (exact) mass is 323 g/mol. The third-order valence-corrected chi connectivity index (χ3v) is 4.22. The summed E-state index contributed by atoms with van der Waals surface area (Å²) in [5, 5.41) is 0.653. The highest BCUT2D eigenvalue weighted by Crippen LogP contribution is 2.25. The molecule has 0 aliphatic carbocycles. The molecule has 1 unspecified atom stereocenters. The molecule has 0 fully saturated rings. The van der Waals surface area contributed by atoms with E-state index < -0.39 is 0 Å². The Morgan fingerprint density at radius 2 is 1.88 bits per heavy atom. The number of carbonyl (C=O) groups excluding carboxylic acids is 1. The lowest BCUT2D eigenvalue weighted by Crippen LogP contribution is -2.30. The summed E-state index contributed by atoms with van der Waals surface area (Å²) in [6, 6.07) is 9.73. The fraction of sp³-hybridized carbons (Fsp3) is 0.211. The average Bonchev–Trinajstić information content (AvgIpc) is 2.59. The van der Waals surface area contributed by atoms with Crippen molar-refractivity contribution in [1.29, 1.82) is 0 Å². The summed E-state index contributed by atoms with van der Waals surface area (Å²) in [7, 11) is 1.76. The summed E-state index contributed by atoms with van der Waals surface area (Å²) < 4.78 is 13.5. The summed E-state index contributed by atoms with van der Waals surface area (Å²) in [5.74, 6) is -0.487. The first kappa shape index (κ1) is 16.1. The molecule has 0 N–H and O–H groups in total. The highest BCUT2D eigenvalue weighted by atomic mass is 19.1. The molecule has 0 aliphatic rings. The van der Waals surface area contributed by atoms with Gasteiger partial charge in [-0.15, -0.1) is 0 Å². The zero-order valence-electron chi connectivity index (χ0n) is 13.8. The lowest BCUT2D eigenvalue weighted by Gasteiger charge is -2.26. The Balaban J connectivity index is 2.02. The van der Waals surface area contributed by atoms with Gasteiger partial charge in [0.05, 0.1) is 17.1 Å². The molecule has 122 valence electrons. The van der Waals surface area contributed by atoms with Gasteiger partial charge in [0.15, 0.2) is 0 Å². The number of nitrogens with zero attached hydrogens (tertiary/aromatic N) is 3. The Morgan fingerprint density at radius 1 is 1.17 bits per heavy atom. The van der Waals surface area contributed by atoms with Crippen LogP contribution in [0.25, 0.3) is 10.9 Å². The van der Waals surface area contributed by atoms with Crippen LogP contribution in [0.3, 0.4) is 0 Å². The fourth-order valence-corrected chi connectivity index (χ4v) is 2.74. The lowest BCUT2D eigenvalue weighted by molar-refractivity contribution is 0.0744. The van der Waals surface area contributed by atoms with E-state index in [4.69, 9.17) is 0 Å². The van der Waals surface area contributed by atoms with E-state index in [1.807, 2.05) is 19.1 Å². The van der Waals surface area contributed by atoms with Gasteiger partial charge in [0, 0.05) is 36.6 Å². The number of aromatic nitrogens is 2. The van der Waals surface area contributed by atoms with Crippen LogP contribution in [0.4, 0.5) is 4.39 Å². The normalized spacial score (nSPS) is 12.2. The first-order valence-corrected chi connectivity index (χ1v) is 7.71. The molecule has 4 nitrogen and oxygen atoms in total. The van der Waals surface area contributed by atoms with Gasteiger partial charge in [-0.3, -0.25) is 14.8 Å².